The molecule has 0 heterocycles. The summed E-state index contributed by atoms with van der Waals surface area (Å²) in [4.78, 5) is 0. The van der Waals surface area contributed by atoms with Gasteiger partial charge in [-0.15, -0.1) is 0 Å². The van der Waals surface area contributed by atoms with E-state index in [-0.39, 0.29) is 0 Å². The Balaban J connectivity index is 2.47. The van der Waals surface area contributed by atoms with Crippen molar-refractivity contribution in [3.05, 3.63) is 0 Å². The molecule has 0 bridgehead atoms. The molecule has 1 aliphatic rings. The molecule has 1 fully saturated rings. The van der Waals surface area contributed by atoms with Crippen LogP contribution in [0.5, 0.6) is 0 Å². The van der Waals surface area contributed by atoms with Crippen molar-refractivity contribution in [2.45, 2.75) is 25.7 Å². The Morgan fingerprint density at radius 3 is 1.50 bits per heavy atom. The van der Waals surface area contributed by atoms with Crippen LogP contribution in [0.2, 0.25) is 0 Å². The molecule has 1 rings (SSSR count). The van der Waals surface area contributed by atoms with Crippen molar-refractivity contribution in [2.75, 3.05) is 13.1 Å². The standard InChI is InChI=1S/C8H16O2/c9-5-7-1-2-8(6-10)4-3-7/h7-10H,1-6H2/i5D2,6D2. The predicted molar refractivity (Wildman–Crippen MR) is 39.6 cm³/mol. The molecule has 0 aliphatic heterocycles. The lowest BCUT2D eigenvalue weighted by atomic mass is 9.83. The third-order valence-corrected chi connectivity index (χ3v) is 2.09. The molecule has 10 heavy (non-hydrogen) atoms. The van der Waals surface area contributed by atoms with Crippen LogP contribution in [0.15, 0.2) is 0 Å². The first kappa shape index (κ1) is 4.07. The Hall–Kier alpha value is -0.0800. The van der Waals surface area contributed by atoms with Gasteiger partial charge in [-0.25, -0.2) is 0 Å². The summed E-state index contributed by atoms with van der Waals surface area (Å²) in [5.74, 6) is -0.859. The highest BCUT2D eigenvalue weighted by Gasteiger charge is 2.19. The average Bonchev–Trinajstić information content (AvgIpc) is 2.01. The van der Waals surface area contributed by atoms with Gasteiger partial charge in [0.25, 0.3) is 0 Å². The summed E-state index contributed by atoms with van der Waals surface area (Å²) in [5.41, 5.74) is 0. The normalized spacial score (nSPS) is 43.0. The summed E-state index contributed by atoms with van der Waals surface area (Å²) in [7, 11) is 0. The maximum absolute atomic E-state index is 9.11. The summed E-state index contributed by atoms with van der Waals surface area (Å²) < 4.78 is 28.5. The van der Waals surface area contributed by atoms with E-state index < -0.39 is 25.0 Å². The molecule has 1 saturated carbocycles. The van der Waals surface area contributed by atoms with Crippen molar-refractivity contribution in [1.82, 2.24) is 0 Å². The second kappa shape index (κ2) is 3.94. The number of aliphatic hydroxyl groups is 2. The minimum absolute atomic E-state index is 0.425. The van der Waals surface area contributed by atoms with E-state index in [1.54, 1.807) is 0 Å². The molecule has 0 atom stereocenters. The van der Waals surface area contributed by atoms with Gasteiger partial charge < -0.3 is 10.2 Å². The third-order valence-electron chi connectivity index (χ3n) is 2.09. The monoisotopic (exact) mass is 148 g/mol. The Morgan fingerprint density at radius 1 is 1.00 bits per heavy atom. The second-order valence-electron chi connectivity index (χ2n) is 2.81. The molecule has 2 heteroatoms. The molecular formula is C8H16O2. The minimum Gasteiger partial charge on any atom is -0.396 e. The van der Waals surface area contributed by atoms with Crippen LogP contribution < -0.4 is 0 Å². The molecule has 0 aromatic heterocycles. The van der Waals surface area contributed by atoms with Crippen LogP contribution in [0.4, 0.5) is 0 Å². The fourth-order valence-electron chi connectivity index (χ4n) is 1.35. The van der Waals surface area contributed by atoms with E-state index >= 15 is 0 Å². The maximum atomic E-state index is 9.11. The zero-order chi connectivity index (χ0) is 11.0. The van der Waals surface area contributed by atoms with E-state index in [1.165, 1.54) is 0 Å². The quantitative estimate of drug-likeness (QED) is 0.607. The summed E-state index contributed by atoms with van der Waals surface area (Å²) in [5, 5.41) is 18.2. The lowest BCUT2D eigenvalue weighted by molar-refractivity contribution is 0.131. The van der Waals surface area contributed by atoms with Gasteiger partial charge in [-0.05, 0) is 37.5 Å². The Morgan fingerprint density at radius 2 is 1.30 bits per heavy atom. The highest BCUT2D eigenvalue weighted by Crippen LogP contribution is 2.27. The second-order valence-corrected chi connectivity index (χ2v) is 2.81. The zero-order valence-electron chi connectivity index (χ0n) is 9.88. The van der Waals surface area contributed by atoms with Crippen LogP contribution in [-0.2, 0) is 0 Å². The molecule has 0 aromatic carbocycles. The van der Waals surface area contributed by atoms with Gasteiger partial charge in [0.05, 0.1) is 5.48 Å². The van der Waals surface area contributed by atoms with Crippen molar-refractivity contribution in [3.8, 4) is 0 Å². The molecule has 2 nitrogen and oxygen atoms in total. The average molecular weight is 148 g/mol. The largest absolute Gasteiger partial charge is 0.396 e. The molecule has 0 amide bonds. The molecule has 0 unspecified atom stereocenters. The van der Waals surface area contributed by atoms with Crippen LogP contribution in [0, 0.1) is 11.8 Å². The first-order valence-corrected chi connectivity index (χ1v) is 3.66. The van der Waals surface area contributed by atoms with Crippen LogP contribution in [0.1, 0.15) is 31.2 Å². The fourth-order valence-corrected chi connectivity index (χ4v) is 1.35. The van der Waals surface area contributed by atoms with Crippen molar-refractivity contribution in [2.24, 2.45) is 11.8 Å². The predicted octanol–water partition coefficient (Wildman–Crippen LogP) is 0.777. The first-order chi connectivity index (χ1) is 6.21. The lowest BCUT2D eigenvalue weighted by Crippen LogP contribution is -2.19. The lowest BCUT2D eigenvalue weighted by Gasteiger charge is -2.25. The van der Waals surface area contributed by atoms with Crippen molar-refractivity contribution >= 4 is 0 Å². The van der Waals surface area contributed by atoms with Gasteiger partial charge in [0.2, 0.25) is 0 Å². The summed E-state index contributed by atoms with van der Waals surface area (Å²) in [6, 6.07) is 0. The SMILES string of the molecule is [2H]C([2H])(O)C1CCC(C([2H])([2H])O)CC1. The van der Waals surface area contributed by atoms with E-state index in [2.05, 4.69) is 0 Å². The molecule has 0 aromatic rings. The van der Waals surface area contributed by atoms with Gasteiger partial charge in [-0.1, -0.05) is 0 Å². The molecular weight excluding hydrogens is 128 g/mol. The Bertz CT molecular complexity index is 166. The van der Waals surface area contributed by atoms with Gasteiger partial charge >= 0.3 is 0 Å². The van der Waals surface area contributed by atoms with E-state index in [4.69, 9.17) is 15.7 Å². The maximum Gasteiger partial charge on any atom is 0.0567 e. The summed E-state index contributed by atoms with van der Waals surface area (Å²) in [6.45, 7) is -4.35. The van der Waals surface area contributed by atoms with Gasteiger partial charge in [0, 0.05) is 13.1 Å². The number of rotatable bonds is 2. The molecule has 1 aliphatic carbocycles. The molecule has 0 radical (unpaired) electrons. The minimum atomic E-state index is -2.17. The van der Waals surface area contributed by atoms with Crippen molar-refractivity contribution in [3.63, 3.8) is 0 Å². The van der Waals surface area contributed by atoms with Crippen LogP contribution >= 0.6 is 0 Å². The van der Waals surface area contributed by atoms with Crippen molar-refractivity contribution < 1.29 is 15.7 Å². The Labute approximate surface area is 67.5 Å². The number of hydrogen-bond acceptors (Lipinski definition) is 2. The van der Waals surface area contributed by atoms with Gasteiger partial charge in [0.1, 0.15) is 0 Å². The third kappa shape index (κ3) is 1.96. The summed E-state index contributed by atoms with van der Waals surface area (Å²) in [6.07, 6.45) is 1.70. The fraction of sp³-hybridized carbons (Fsp3) is 1.00. The first-order valence-electron chi connectivity index (χ1n) is 5.66. The number of hydrogen-bond donors (Lipinski definition) is 2. The zero-order valence-corrected chi connectivity index (χ0v) is 5.88. The highest BCUT2D eigenvalue weighted by atomic mass is 16.3. The molecule has 60 valence electrons. The smallest absolute Gasteiger partial charge is 0.0567 e. The topological polar surface area (TPSA) is 40.5 Å². The van der Waals surface area contributed by atoms with E-state index in [0.29, 0.717) is 25.7 Å². The van der Waals surface area contributed by atoms with Crippen LogP contribution in [0.3, 0.4) is 0 Å². The van der Waals surface area contributed by atoms with Crippen LogP contribution in [-0.4, -0.2) is 23.3 Å². The van der Waals surface area contributed by atoms with Crippen molar-refractivity contribution in [1.29, 1.82) is 0 Å². The van der Waals surface area contributed by atoms with Gasteiger partial charge in [0.15, 0.2) is 0 Å². The Kier molecular flexibility index (Phi) is 1.60. The van der Waals surface area contributed by atoms with E-state index in [9.17, 15) is 0 Å². The van der Waals surface area contributed by atoms with E-state index in [1.807, 2.05) is 0 Å². The summed E-state index contributed by atoms with van der Waals surface area (Å²) >= 11 is 0. The van der Waals surface area contributed by atoms with Gasteiger partial charge in [-0.2, -0.15) is 0 Å². The van der Waals surface area contributed by atoms with Crippen LogP contribution in [0.25, 0.3) is 0 Å². The highest BCUT2D eigenvalue weighted by molar-refractivity contribution is 4.70. The molecule has 0 spiro atoms. The molecule has 0 saturated heterocycles. The van der Waals surface area contributed by atoms with Gasteiger partial charge in [-0.3, -0.25) is 0 Å². The van der Waals surface area contributed by atoms with E-state index in [0.717, 1.165) is 0 Å². The molecule has 2 N–H and O–H groups in total.